The number of hydrogen-bond donors (Lipinski definition) is 1. The Balaban J connectivity index is 1.99. The molecule has 2 rings (SSSR count). The highest BCUT2D eigenvalue weighted by atomic mass is 14.9. The van der Waals surface area contributed by atoms with Crippen LogP contribution in [0.25, 0.3) is 0 Å². The highest BCUT2D eigenvalue weighted by Crippen LogP contribution is 2.39. The Labute approximate surface area is 131 Å². The summed E-state index contributed by atoms with van der Waals surface area (Å²) >= 11 is 0. The van der Waals surface area contributed by atoms with Crippen LogP contribution in [-0.2, 0) is 6.42 Å². The second kappa shape index (κ2) is 7.45. The molecule has 118 valence electrons. The summed E-state index contributed by atoms with van der Waals surface area (Å²) in [4.78, 5) is 0. The fraction of sp³-hybridized carbons (Fsp3) is 0.700. The van der Waals surface area contributed by atoms with Crippen LogP contribution in [0.15, 0.2) is 24.3 Å². The van der Waals surface area contributed by atoms with Crippen LogP contribution in [0.1, 0.15) is 64.0 Å². The van der Waals surface area contributed by atoms with E-state index >= 15 is 0 Å². The summed E-state index contributed by atoms with van der Waals surface area (Å²) in [6.07, 6.45) is 7.96. The molecule has 0 aromatic heterocycles. The molecule has 0 saturated heterocycles. The van der Waals surface area contributed by atoms with Crippen LogP contribution < -0.4 is 5.32 Å². The van der Waals surface area contributed by atoms with Gasteiger partial charge in [-0.1, -0.05) is 50.6 Å². The molecule has 1 aliphatic carbocycles. The lowest BCUT2D eigenvalue weighted by Gasteiger charge is -2.38. The first kappa shape index (κ1) is 16.5. The van der Waals surface area contributed by atoms with Crippen molar-refractivity contribution >= 4 is 0 Å². The molecule has 0 radical (unpaired) electrons. The molecule has 1 saturated carbocycles. The minimum Gasteiger partial charge on any atom is -0.313 e. The molecule has 1 aromatic carbocycles. The van der Waals surface area contributed by atoms with Crippen molar-refractivity contribution in [3.8, 4) is 0 Å². The van der Waals surface area contributed by atoms with Crippen molar-refractivity contribution in [2.24, 2.45) is 11.3 Å². The molecule has 0 aliphatic heterocycles. The second-order valence-electron chi connectivity index (χ2n) is 7.75. The largest absolute Gasteiger partial charge is 0.313 e. The standard InChI is InChI=1S/C20H33N/c1-5-14-21-19(15-17-8-6-16(2)7-9-17)18-10-12-20(3,4)13-11-18/h6-9,18-19,21H,5,10-15H2,1-4H3. The van der Waals surface area contributed by atoms with Crippen molar-refractivity contribution in [1.29, 1.82) is 0 Å². The van der Waals surface area contributed by atoms with E-state index in [0.29, 0.717) is 11.5 Å². The van der Waals surface area contributed by atoms with Gasteiger partial charge in [0, 0.05) is 6.04 Å². The van der Waals surface area contributed by atoms with Crippen molar-refractivity contribution in [2.45, 2.75) is 72.3 Å². The van der Waals surface area contributed by atoms with E-state index in [1.807, 2.05) is 0 Å². The molecule has 1 aliphatic rings. The van der Waals surface area contributed by atoms with Gasteiger partial charge in [0.1, 0.15) is 0 Å². The lowest BCUT2D eigenvalue weighted by molar-refractivity contribution is 0.160. The molecule has 1 atom stereocenters. The Morgan fingerprint density at radius 2 is 1.76 bits per heavy atom. The molecule has 1 aromatic rings. The number of rotatable bonds is 6. The minimum absolute atomic E-state index is 0.565. The van der Waals surface area contributed by atoms with E-state index in [2.05, 4.69) is 57.3 Å². The normalized spacial score (nSPS) is 20.4. The van der Waals surface area contributed by atoms with Gasteiger partial charge in [-0.2, -0.15) is 0 Å². The molecule has 1 fully saturated rings. The summed E-state index contributed by atoms with van der Waals surface area (Å²) in [6, 6.07) is 9.77. The fourth-order valence-corrected chi connectivity index (χ4v) is 3.54. The third-order valence-electron chi connectivity index (χ3n) is 5.19. The molecule has 0 amide bonds. The molecular weight excluding hydrogens is 254 g/mol. The Hall–Kier alpha value is -0.820. The van der Waals surface area contributed by atoms with Crippen molar-refractivity contribution in [3.63, 3.8) is 0 Å². The molecule has 1 heteroatoms. The van der Waals surface area contributed by atoms with Crippen LogP contribution in [0.4, 0.5) is 0 Å². The van der Waals surface area contributed by atoms with E-state index in [1.54, 1.807) is 0 Å². The Morgan fingerprint density at radius 1 is 1.14 bits per heavy atom. The maximum Gasteiger partial charge on any atom is 0.0136 e. The summed E-state index contributed by atoms with van der Waals surface area (Å²) in [6.45, 7) is 10.4. The predicted octanol–water partition coefficient (Wildman–Crippen LogP) is 5.12. The van der Waals surface area contributed by atoms with E-state index in [4.69, 9.17) is 0 Å². The maximum absolute atomic E-state index is 3.83. The molecule has 0 bridgehead atoms. The van der Waals surface area contributed by atoms with E-state index in [1.165, 1.54) is 49.7 Å². The van der Waals surface area contributed by atoms with Gasteiger partial charge in [0.05, 0.1) is 0 Å². The smallest absolute Gasteiger partial charge is 0.0136 e. The van der Waals surface area contributed by atoms with Crippen LogP contribution in [0.2, 0.25) is 0 Å². The zero-order valence-corrected chi connectivity index (χ0v) is 14.4. The maximum atomic E-state index is 3.83. The minimum atomic E-state index is 0.565. The number of hydrogen-bond acceptors (Lipinski definition) is 1. The SMILES string of the molecule is CCCNC(Cc1ccc(C)cc1)C1CCC(C)(C)CC1. The second-order valence-corrected chi connectivity index (χ2v) is 7.75. The Bertz CT molecular complexity index is 408. The van der Waals surface area contributed by atoms with E-state index < -0.39 is 0 Å². The van der Waals surface area contributed by atoms with Crippen LogP contribution in [0.5, 0.6) is 0 Å². The number of nitrogens with one attached hydrogen (secondary N) is 1. The highest BCUT2D eigenvalue weighted by molar-refractivity contribution is 5.22. The van der Waals surface area contributed by atoms with Crippen molar-refractivity contribution in [3.05, 3.63) is 35.4 Å². The summed E-state index contributed by atoms with van der Waals surface area (Å²) < 4.78 is 0. The zero-order chi connectivity index (χ0) is 15.3. The topological polar surface area (TPSA) is 12.0 Å². The predicted molar refractivity (Wildman–Crippen MR) is 92.7 cm³/mol. The third kappa shape index (κ3) is 5.14. The molecule has 1 unspecified atom stereocenters. The molecule has 0 spiro atoms. The monoisotopic (exact) mass is 287 g/mol. The van der Waals surface area contributed by atoms with Crippen LogP contribution in [0.3, 0.4) is 0 Å². The molecule has 1 nitrogen and oxygen atoms in total. The quantitative estimate of drug-likeness (QED) is 0.765. The molecule has 1 N–H and O–H groups in total. The number of aryl methyl sites for hydroxylation is 1. The van der Waals surface area contributed by atoms with E-state index in [0.717, 1.165) is 12.5 Å². The summed E-state index contributed by atoms with van der Waals surface area (Å²) in [5.41, 5.74) is 3.41. The summed E-state index contributed by atoms with van der Waals surface area (Å²) in [7, 11) is 0. The van der Waals surface area contributed by atoms with Gasteiger partial charge in [0.2, 0.25) is 0 Å². The molecule has 0 heterocycles. The van der Waals surface area contributed by atoms with Crippen LogP contribution in [-0.4, -0.2) is 12.6 Å². The first-order valence-electron chi connectivity index (χ1n) is 8.79. The fourth-order valence-electron chi connectivity index (χ4n) is 3.54. The Morgan fingerprint density at radius 3 is 2.33 bits per heavy atom. The van der Waals surface area contributed by atoms with Crippen LogP contribution in [0, 0.1) is 18.3 Å². The van der Waals surface area contributed by atoms with Gasteiger partial charge in [-0.25, -0.2) is 0 Å². The van der Waals surface area contributed by atoms with Gasteiger partial charge in [0.15, 0.2) is 0 Å². The lowest BCUT2D eigenvalue weighted by Crippen LogP contribution is -2.41. The third-order valence-corrected chi connectivity index (χ3v) is 5.19. The van der Waals surface area contributed by atoms with Crippen molar-refractivity contribution in [2.75, 3.05) is 6.54 Å². The molecule has 21 heavy (non-hydrogen) atoms. The average molecular weight is 287 g/mol. The van der Waals surface area contributed by atoms with Crippen molar-refractivity contribution < 1.29 is 0 Å². The Kier molecular flexibility index (Phi) is 5.87. The van der Waals surface area contributed by atoms with Gasteiger partial charge >= 0.3 is 0 Å². The summed E-state index contributed by atoms with van der Waals surface area (Å²) in [5.74, 6) is 0.853. The zero-order valence-electron chi connectivity index (χ0n) is 14.4. The van der Waals surface area contributed by atoms with Gasteiger partial charge < -0.3 is 5.32 Å². The van der Waals surface area contributed by atoms with Crippen molar-refractivity contribution in [1.82, 2.24) is 5.32 Å². The van der Waals surface area contributed by atoms with Gasteiger partial charge in [-0.3, -0.25) is 0 Å². The average Bonchev–Trinajstić information content (AvgIpc) is 2.46. The summed E-state index contributed by atoms with van der Waals surface area (Å²) in [5, 5.41) is 3.83. The van der Waals surface area contributed by atoms with Gasteiger partial charge in [0.25, 0.3) is 0 Å². The van der Waals surface area contributed by atoms with Gasteiger partial charge in [-0.05, 0) is 68.9 Å². The number of benzene rings is 1. The highest BCUT2D eigenvalue weighted by Gasteiger charge is 2.31. The van der Waals surface area contributed by atoms with Crippen LogP contribution >= 0.6 is 0 Å². The lowest BCUT2D eigenvalue weighted by atomic mass is 9.70. The van der Waals surface area contributed by atoms with E-state index in [-0.39, 0.29) is 0 Å². The first-order chi connectivity index (χ1) is 10.00. The van der Waals surface area contributed by atoms with Gasteiger partial charge in [-0.15, -0.1) is 0 Å². The molecular formula is C20H33N. The first-order valence-corrected chi connectivity index (χ1v) is 8.79. The van der Waals surface area contributed by atoms with E-state index in [9.17, 15) is 0 Å².